The van der Waals surface area contributed by atoms with Crippen LogP contribution in [-0.4, -0.2) is 121 Å². The van der Waals surface area contributed by atoms with Crippen molar-refractivity contribution in [1.29, 1.82) is 0 Å². The van der Waals surface area contributed by atoms with E-state index in [0.717, 1.165) is 31.9 Å². The molecule has 310 valence electrons. The van der Waals surface area contributed by atoms with E-state index in [1.54, 1.807) is 43.1 Å². The van der Waals surface area contributed by atoms with Crippen LogP contribution in [0.2, 0.25) is 0 Å². The number of hydrogen-bond acceptors (Lipinski definition) is 11. The van der Waals surface area contributed by atoms with E-state index in [4.69, 9.17) is 4.74 Å². The molecule has 14 nitrogen and oxygen atoms in total. The van der Waals surface area contributed by atoms with Gasteiger partial charge in [-0.1, -0.05) is 20.8 Å². The third-order valence-corrected chi connectivity index (χ3v) is 11.7. The first-order chi connectivity index (χ1) is 27.3. The maximum absolute atomic E-state index is 14.5. The van der Waals surface area contributed by atoms with Crippen LogP contribution in [0.15, 0.2) is 66.6 Å². The van der Waals surface area contributed by atoms with Crippen molar-refractivity contribution in [2.75, 3.05) is 76.0 Å². The van der Waals surface area contributed by atoms with E-state index < -0.39 is 29.3 Å². The summed E-state index contributed by atoms with van der Waals surface area (Å²) in [5.74, 6) is -0.971. The minimum absolute atomic E-state index is 0. The molecule has 2 amide bonds. The van der Waals surface area contributed by atoms with Crippen LogP contribution in [0.5, 0.6) is 5.75 Å². The molecule has 2 saturated heterocycles. The Bertz CT molecular complexity index is 2130. The molecule has 0 bridgehead atoms. The Kier molecular flexibility index (Phi) is 13.1. The van der Waals surface area contributed by atoms with Crippen molar-refractivity contribution in [1.82, 2.24) is 35.0 Å². The lowest BCUT2D eigenvalue weighted by molar-refractivity contribution is -0.131. The van der Waals surface area contributed by atoms with Gasteiger partial charge in [-0.2, -0.15) is 0 Å². The number of fused-ring (bicyclic) bond motifs is 2. The molecule has 0 unspecified atom stereocenters. The maximum Gasteiger partial charge on any atom is 0.254 e. The second-order valence-corrected chi connectivity index (χ2v) is 16.6. The number of likely N-dealkylation sites (N-methyl/N-ethyl adjacent to an activating group) is 1. The van der Waals surface area contributed by atoms with Gasteiger partial charge >= 0.3 is 0 Å². The Balaban J connectivity index is 0.00000567. The fourth-order valence-corrected chi connectivity index (χ4v) is 8.16. The van der Waals surface area contributed by atoms with Crippen molar-refractivity contribution in [3.8, 4) is 5.75 Å². The first kappa shape index (κ1) is 42.6. The Labute approximate surface area is 347 Å². The zero-order valence-electron chi connectivity index (χ0n) is 34.5. The van der Waals surface area contributed by atoms with Gasteiger partial charge < -0.3 is 40.4 Å². The van der Waals surface area contributed by atoms with Gasteiger partial charge in [0.2, 0.25) is 5.91 Å². The molecule has 7 rings (SSSR count). The SMILES string of the molecule is CN[C@@H](C)C(=O)N[C@H](C(=O)[C@H]1C(C(=O)Nc2cc3c(Nc4ccc(N5CCN(C6CCN(C)CC6)CC5)cc4)ncnc3cc2OC)=Cn2cccc21)C(C)(C)C.Cl. The Morgan fingerprint density at radius 2 is 1.66 bits per heavy atom. The number of methoxy groups -OCH3 is 1. The number of ether oxygens (including phenoxy) is 1. The number of piperidine rings is 1. The number of ketones is 1. The number of carbonyl (C=O) groups excluding carboxylic acids is 3. The van der Waals surface area contributed by atoms with Crippen molar-refractivity contribution in [3.63, 3.8) is 0 Å². The Hall–Kier alpha value is -5.02. The molecule has 0 saturated carbocycles. The molecule has 0 radical (unpaired) electrons. The third-order valence-electron chi connectivity index (χ3n) is 11.7. The molecule has 3 atom stereocenters. The number of nitrogens with one attached hydrogen (secondary N) is 4. The van der Waals surface area contributed by atoms with Gasteiger partial charge in [0.05, 0.1) is 41.9 Å². The van der Waals surface area contributed by atoms with E-state index in [9.17, 15) is 14.4 Å². The summed E-state index contributed by atoms with van der Waals surface area (Å²) < 4.78 is 7.50. The number of piperazine rings is 1. The summed E-state index contributed by atoms with van der Waals surface area (Å²) in [4.78, 5) is 58.3. The topological polar surface area (TPSA) is 149 Å². The van der Waals surface area contributed by atoms with Crippen LogP contribution in [0.4, 0.5) is 22.9 Å². The van der Waals surface area contributed by atoms with Gasteiger partial charge in [0.25, 0.3) is 5.91 Å². The van der Waals surface area contributed by atoms with E-state index in [2.05, 4.69) is 77.2 Å². The minimum atomic E-state index is -0.910. The van der Waals surface area contributed by atoms with E-state index >= 15 is 0 Å². The largest absolute Gasteiger partial charge is 0.494 e. The average Bonchev–Trinajstić information content (AvgIpc) is 3.82. The molecular weight excluding hydrogens is 756 g/mol. The summed E-state index contributed by atoms with van der Waals surface area (Å²) in [6, 6.07) is 14.9. The molecule has 2 aromatic heterocycles. The molecular formula is C43H57ClN10O4. The summed E-state index contributed by atoms with van der Waals surface area (Å²) in [6.45, 7) is 14.0. The van der Waals surface area contributed by atoms with Crippen LogP contribution < -0.4 is 30.9 Å². The van der Waals surface area contributed by atoms with E-state index in [1.807, 2.05) is 32.9 Å². The second kappa shape index (κ2) is 17.9. The van der Waals surface area contributed by atoms with E-state index in [-0.39, 0.29) is 29.7 Å². The van der Waals surface area contributed by atoms with E-state index in [0.29, 0.717) is 39.9 Å². The van der Waals surface area contributed by atoms with Crippen molar-refractivity contribution in [3.05, 3.63) is 72.3 Å². The van der Waals surface area contributed by atoms with Gasteiger partial charge in [-0.15, -0.1) is 12.4 Å². The monoisotopic (exact) mass is 812 g/mol. The predicted molar refractivity (Wildman–Crippen MR) is 232 cm³/mol. The number of aromatic nitrogens is 3. The number of benzene rings is 2. The Morgan fingerprint density at radius 1 is 0.948 bits per heavy atom. The molecule has 58 heavy (non-hydrogen) atoms. The molecule has 15 heteroatoms. The normalized spacial score (nSPS) is 18.8. The summed E-state index contributed by atoms with van der Waals surface area (Å²) in [7, 11) is 5.43. The summed E-state index contributed by atoms with van der Waals surface area (Å²) in [5, 5.41) is 13.0. The number of rotatable bonds is 12. The van der Waals surface area contributed by atoms with Gasteiger partial charge in [0.15, 0.2) is 5.78 Å². The number of likely N-dealkylation sites (tertiary alicyclic amines) is 1. The minimum Gasteiger partial charge on any atom is -0.494 e. The fraction of sp³-hybridized carbons (Fsp3) is 0.465. The molecule has 4 aromatic rings. The van der Waals surface area contributed by atoms with Crippen molar-refractivity contribution in [2.45, 2.75) is 64.6 Å². The molecule has 0 aliphatic carbocycles. The number of carbonyl (C=O) groups is 3. The van der Waals surface area contributed by atoms with E-state index in [1.165, 1.54) is 45.1 Å². The molecule has 2 fully saturated rings. The third kappa shape index (κ3) is 9.00. The molecule has 4 N–H and O–H groups in total. The highest BCUT2D eigenvalue weighted by molar-refractivity contribution is 6.15. The van der Waals surface area contributed by atoms with Gasteiger partial charge in [-0.25, -0.2) is 9.97 Å². The van der Waals surface area contributed by atoms with Crippen molar-refractivity contribution in [2.24, 2.45) is 5.41 Å². The smallest absolute Gasteiger partial charge is 0.254 e. The Morgan fingerprint density at radius 3 is 2.31 bits per heavy atom. The van der Waals surface area contributed by atoms with Crippen LogP contribution in [0.3, 0.4) is 0 Å². The molecule has 0 spiro atoms. The molecule has 2 aromatic carbocycles. The maximum atomic E-state index is 14.5. The van der Waals surface area contributed by atoms with Crippen LogP contribution in [0.1, 0.15) is 52.1 Å². The number of amides is 2. The first-order valence-electron chi connectivity index (χ1n) is 19.9. The summed E-state index contributed by atoms with van der Waals surface area (Å²) in [6.07, 6.45) is 7.48. The number of nitrogens with zero attached hydrogens (tertiary/aromatic N) is 6. The van der Waals surface area contributed by atoms with Gasteiger partial charge in [-0.05, 0) is 94.8 Å². The quantitative estimate of drug-likeness (QED) is 0.151. The molecule has 3 aliphatic heterocycles. The lowest BCUT2D eigenvalue weighted by Crippen LogP contribution is -2.54. The summed E-state index contributed by atoms with van der Waals surface area (Å²) in [5.41, 5.74) is 3.37. The van der Waals surface area contributed by atoms with Crippen LogP contribution >= 0.6 is 12.4 Å². The van der Waals surface area contributed by atoms with Crippen LogP contribution in [-0.2, 0) is 14.4 Å². The summed E-state index contributed by atoms with van der Waals surface area (Å²) >= 11 is 0. The van der Waals surface area contributed by atoms with Crippen LogP contribution in [0, 0.1) is 5.41 Å². The van der Waals surface area contributed by atoms with Crippen molar-refractivity contribution >= 4 is 70.0 Å². The van der Waals surface area contributed by atoms with Gasteiger partial charge in [0.1, 0.15) is 17.9 Å². The van der Waals surface area contributed by atoms with Gasteiger partial charge in [0, 0.05) is 73.1 Å². The number of Topliss-reactive ketones (excluding diaryl/α,β-unsaturated/α-hetero) is 1. The number of anilines is 4. The standard InChI is InChI=1S/C43H56N10O4.ClH/c1-27(44-5)41(55)49-39(43(2,3)4)38(54)37-32(25-53-16-8-9-35(37)53)42(56)48-34-23-31-33(24-36(34)57-7)45-26-46-40(31)47-28-10-12-29(13-11-28)51-19-21-52(22-20-51)30-14-17-50(6)18-15-30;/h8-13,16,23-27,30,37,39,44H,14-15,17-22H2,1-7H3,(H,48,56)(H,49,55)(H,45,46,47);1H/t27-,37-,39+;/m0./s1. The van der Waals surface area contributed by atoms with Gasteiger partial charge in [-0.3, -0.25) is 19.3 Å². The highest BCUT2D eigenvalue weighted by Crippen LogP contribution is 2.39. The predicted octanol–water partition coefficient (Wildman–Crippen LogP) is 5.11. The van der Waals surface area contributed by atoms with Crippen LogP contribution in [0.25, 0.3) is 17.1 Å². The number of halogens is 1. The highest BCUT2D eigenvalue weighted by Gasteiger charge is 2.43. The van der Waals surface area contributed by atoms with Crippen molar-refractivity contribution < 1.29 is 19.1 Å². The lowest BCUT2D eigenvalue weighted by atomic mass is 9.77. The zero-order valence-corrected chi connectivity index (χ0v) is 35.4. The average molecular weight is 813 g/mol. The lowest BCUT2D eigenvalue weighted by Gasteiger charge is -2.42. The molecule has 5 heterocycles. The fourth-order valence-electron chi connectivity index (χ4n) is 8.16. The highest BCUT2D eigenvalue weighted by atomic mass is 35.5. The second-order valence-electron chi connectivity index (χ2n) is 16.6. The first-order valence-corrected chi connectivity index (χ1v) is 19.9. The molecule has 3 aliphatic rings. The zero-order chi connectivity index (χ0) is 40.4. The number of hydrogen-bond donors (Lipinski definition) is 4.